The van der Waals surface area contributed by atoms with Crippen LogP contribution in [-0.2, 0) is 0 Å². The fourth-order valence-electron chi connectivity index (χ4n) is 1.19. The first-order chi connectivity index (χ1) is 4.66. The van der Waals surface area contributed by atoms with Gasteiger partial charge in [-0.2, -0.15) is 0 Å². The van der Waals surface area contributed by atoms with Gasteiger partial charge in [0.2, 0.25) is 0 Å². The summed E-state index contributed by atoms with van der Waals surface area (Å²) in [6.45, 7) is 1.68. The molecule has 11 heavy (non-hydrogen) atoms. The summed E-state index contributed by atoms with van der Waals surface area (Å²) in [5.74, 6) is 0. The van der Waals surface area contributed by atoms with Crippen molar-refractivity contribution in [1.82, 2.24) is 4.90 Å². The van der Waals surface area contributed by atoms with E-state index in [0.717, 1.165) is 13.1 Å². The van der Waals surface area contributed by atoms with Gasteiger partial charge in [-0.15, -0.1) is 12.4 Å². The molecule has 0 unspecified atom stereocenters. The van der Waals surface area contributed by atoms with Crippen LogP contribution >= 0.6 is 12.4 Å². The van der Waals surface area contributed by atoms with Gasteiger partial charge < -0.3 is 15.1 Å². The average molecular weight is 182 g/mol. The molecule has 0 aromatic rings. The fourth-order valence-corrected chi connectivity index (χ4v) is 1.19. The zero-order valence-corrected chi connectivity index (χ0v) is 7.60. The number of hydrogen-bond donors (Lipinski definition) is 2. The van der Waals surface area contributed by atoms with E-state index in [4.69, 9.17) is 5.11 Å². The van der Waals surface area contributed by atoms with Crippen LogP contribution in [0.5, 0.6) is 0 Å². The minimum Gasteiger partial charge on any atom is -0.393 e. The third kappa shape index (κ3) is 2.95. The van der Waals surface area contributed by atoms with Crippen LogP contribution in [0, 0.1) is 0 Å². The van der Waals surface area contributed by atoms with Crippen LogP contribution in [0.15, 0.2) is 0 Å². The monoisotopic (exact) mass is 181 g/mol. The third-order valence-electron chi connectivity index (χ3n) is 2.21. The van der Waals surface area contributed by atoms with Gasteiger partial charge in [0.1, 0.15) is 0 Å². The van der Waals surface area contributed by atoms with Crippen molar-refractivity contribution in [3.63, 3.8) is 0 Å². The minimum absolute atomic E-state index is 0. The molecule has 1 rings (SSSR count). The lowest BCUT2D eigenvalue weighted by molar-refractivity contribution is -0.0555. The summed E-state index contributed by atoms with van der Waals surface area (Å²) in [5.41, 5.74) is -0.785. The van der Waals surface area contributed by atoms with E-state index in [-0.39, 0.29) is 19.0 Å². The van der Waals surface area contributed by atoms with Gasteiger partial charge in [0.05, 0.1) is 12.2 Å². The Labute approximate surface area is 73.4 Å². The number of halogens is 1. The van der Waals surface area contributed by atoms with Crippen LogP contribution in [0.4, 0.5) is 0 Å². The standard InChI is InChI=1S/C7H15NO2.ClH/c1-8-4-2-7(10,6-9)3-5-8;/h9-10H,2-6H2,1H3;1H. The molecule has 0 saturated carbocycles. The molecule has 4 heteroatoms. The molecule has 2 N–H and O–H groups in total. The molecule has 0 amide bonds. The second kappa shape index (κ2) is 4.26. The van der Waals surface area contributed by atoms with E-state index in [1.165, 1.54) is 0 Å². The molecular formula is C7H16ClNO2. The molecule has 1 aliphatic rings. The fraction of sp³-hybridized carbons (Fsp3) is 1.00. The Morgan fingerprint density at radius 3 is 2.18 bits per heavy atom. The largest absolute Gasteiger partial charge is 0.393 e. The first-order valence-corrected chi connectivity index (χ1v) is 3.68. The van der Waals surface area contributed by atoms with Crippen molar-refractivity contribution >= 4 is 12.4 Å². The van der Waals surface area contributed by atoms with Crippen molar-refractivity contribution in [3.8, 4) is 0 Å². The number of aliphatic hydroxyl groups is 2. The Morgan fingerprint density at radius 1 is 1.36 bits per heavy atom. The van der Waals surface area contributed by atoms with Gasteiger partial charge in [0.15, 0.2) is 0 Å². The average Bonchev–Trinajstić information content (AvgIpc) is 1.96. The van der Waals surface area contributed by atoms with Gasteiger partial charge in [-0.3, -0.25) is 0 Å². The molecule has 1 aliphatic heterocycles. The molecule has 0 aromatic heterocycles. The first kappa shape index (κ1) is 11.2. The molecule has 0 aromatic carbocycles. The third-order valence-corrected chi connectivity index (χ3v) is 2.21. The van der Waals surface area contributed by atoms with E-state index < -0.39 is 5.60 Å². The summed E-state index contributed by atoms with van der Waals surface area (Å²) >= 11 is 0. The topological polar surface area (TPSA) is 43.7 Å². The quantitative estimate of drug-likeness (QED) is 0.592. The highest BCUT2D eigenvalue weighted by Crippen LogP contribution is 2.19. The Kier molecular flexibility index (Phi) is 4.32. The first-order valence-electron chi connectivity index (χ1n) is 3.68. The summed E-state index contributed by atoms with van der Waals surface area (Å²) in [7, 11) is 2.02. The van der Waals surface area contributed by atoms with E-state index >= 15 is 0 Å². The lowest BCUT2D eigenvalue weighted by Gasteiger charge is -2.34. The zero-order valence-electron chi connectivity index (χ0n) is 6.79. The van der Waals surface area contributed by atoms with Crippen molar-refractivity contribution in [2.75, 3.05) is 26.7 Å². The highest BCUT2D eigenvalue weighted by atomic mass is 35.5. The van der Waals surface area contributed by atoms with Crippen molar-refractivity contribution in [2.24, 2.45) is 0 Å². The Hall–Kier alpha value is 0.170. The van der Waals surface area contributed by atoms with Crippen LogP contribution in [0.25, 0.3) is 0 Å². The second-order valence-corrected chi connectivity index (χ2v) is 3.19. The molecule has 0 aliphatic carbocycles. The molecule has 0 radical (unpaired) electrons. The van der Waals surface area contributed by atoms with Crippen LogP contribution in [0.3, 0.4) is 0 Å². The summed E-state index contributed by atoms with van der Waals surface area (Å²) < 4.78 is 0. The lowest BCUT2D eigenvalue weighted by Crippen LogP contribution is -2.45. The van der Waals surface area contributed by atoms with E-state index in [1.54, 1.807) is 0 Å². The molecule has 0 atom stereocenters. The van der Waals surface area contributed by atoms with Crippen molar-refractivity contribution in [1.29, 1.82) is 0 Å². The predicted molar refractivity (Wildman–Crippen MR) is 46.0 cm³/mol. The Bertz CT molecular complexity index is 113. The smallest absolute Gasteiger partial charge is 0.0901 e. The van der Waals surface area contributed by atoms with Crippen LogP contribution in [0.2, 0.25) is 0 Å². The number of piperidine rings is 1. The van der Waals surface area contributed by atoms with Gasteiger partial charge in [-0.25, -0.2) is 0 Å². The van der Waals surface area contributed by atoms with E-state index in [9.17, 15) is 5.11 Å². The molecule has 68 valence electrons. The van der Waals surface area contributed by atoms with Crippen LogP contribution < -0.4 is 0 Å². The number of nitrogens with zero attached hydrogens (tertiary/aromatic N) is 1. The molecule has 3 nitrogen and oxygen atoms in total. The Morgan fingerprint density at radius 2 is 1.82 bits per heavy atom. The van der Waals surface area contributed by atoms with E-state index in [0.29, 0.717) is 12.8 Å². The van der Waals surface area contributed by atoms with Gasteiger partial charge in [-0.05, 0) is 19.9 Å². The number of rotatable bonds is 1. The lowest BCUT2D eigenvalue weighted by atomic mass is 9.93. The maximum Gasteiger partial charge on any atom is 0.0901 e. The highest BCUT2D eigenvalue weighted by Gasteiger charge is 2.29. The van der Waals surface area contributed by atoms with Gasteiger partial charge in [0, 0.05) is 13.1 Å². The maximum atomic E-state index is 9.52. The van der Waals surface area contributed by atoms with E-state index in [1.807, 2.05) is 7.05 Å². The maximum absolute atomic E-state index is 9.52. The van der Waals surface area contributed by atoms with Crippen LogP contribution in [0.1, 0.15) is 12.8 Å². The number of aliphatic hydroxyl groups excluding tert-OH is 1. The normalized spacial score (nSPS) is 24.3. The van der Waals surface area contributed by atoms with Crippen molar-refractivity contribution in [2.45, 2.75) is 18.4 Å². The van der Waals surface area contributed by atoms with E-state index in [2.05, 4.69) is 4.90 Å². The van der Waals surface area contributed by atoms with Gasteiger partial charge in [0.25, 0.3) is 0 Å². The van der Waals surface area contributed by atoms with Crippen molar-refractivity contribution < 1.29 is 10.2 Å². The van der Waals surface area contributed by atoms with Crippen LogP contribution in [-0.4, -0.2) is 47.5 Å². The summed E-state index contributed by atoms with van der Waals surface area (Å²) in [6, 6.07) is 0. The number of likely N-dealkylation sites (tertiary alicyclic amines) is 1. The molecule has 0 bridgehead atoms. The molecular weight excluding hydrogens is 166 g/mol. The van der Waals surface area contributed by atoms with Crippen molar-refractivity contribution in [3.05, 3.63) is 0 Å². The summed E-state index contributed by atoms with van der Waals surface area (Å²) in [4.78, 5) is 2.16. The second-order valence-electron chi connectivity index (χ2n) is 3.19. The predicted octanol–water partition coefficient (Wildman–Crippen LogP) is -0.143. The molecule has 0 spiro atoms. The molecule has 1 saturated heterocycles. The number of hydrogen-bond acceptors (Lipinski definition) is 3. The zero-order chi connectivity index (χ0) is 7.61. The minimum atomic E-state index is -0.785. The van der Waals surface area contributed by atoms with Gasteiger partial charge in [-0.1, -0.05) is 0 Å². The molecule has 1 fully saturated rings. The summed E-state index contributed by atoms with van der Waals surface area (Å²) in [6.07, 6.45) is 1.39. The Balaban J connectivity index is 0.000001000. The van der Waals surface area contributed by atoms with Gasteiger partial charge >= 0.3 is 0 Å². The SMILES string of the molecule is CN1CCC(O)(CO)CC1.Cl. The summed E-state index contributed by atoms with van der Waals surface area (Å²) in [5, 5.41) is 18.3. The highest BCUT2D eigenvalue weighted by molar-refractivity contribution is 5.85. The molecule has 1 heterocycles.